The second-order valence-electron chi connectivity index (χ2n) is 7.04. The summed E-state index contributed by atoms with van der Waals surface area (Å²) in [4.78, 5) is 0. The molecule has 0 unspecified atom stereocenters. The average molecular weight is 326 g/mol. The molecule has 2 rings (SSSR count). The first kappa shape index (κ1) is 19.0. The second-order valence-corrected chi connectivity index (χ2v) is 7.04. The SMILES string of the molecule is C/C=C\C(=C/C)CCCCCCc1ccc(C2CCNCC2)cc1. The van der Waals surface area contributed by atoms with Crippen LogP contribution in [-0.4, -0.2) is 13.1 Å². The van der Waals surface area contributed by atoms with Crippen molar-refractivity contribution in [1.82, 2.24) is 5.32 Å². The molecule has 0 bridgehead atoms. The number of benzene rings is 1. The van der Waals surface area contributed by atoms with Crippen LogP contribution in [0.5, 0.6) is 0 Å². The molecular formula is C23H35N. The molecule has 0 aliphatic carbocycles. The maximum Gasteiger partial charge on any atom is -0.00431 e. The maximum atomic E-state index is 3.45. The zero-order chi connectivity index (χ0) is 17.0. The van der Waals surface area contributed by atoms with Crippen LogP contribution in [0.15, 0.2) is 48.1 Å². The first-order valence-electron chi connectivity index (χ1n) is 9.91. The van der Waals surface area contributed by atoms with Crippen LogP contribution >= 0.6 is 0 Å². The van der Waals surface area contributed by atoms with Crippen molar-refractivity contribution in [3.63, 3.8) is 0 Å². The number of unbranched alkanes of at least 4 members (excludes halogenated alkanes) is 3. The molecule has 1 heteroatoms. The van der Waals surface area contributed by atoms with E-state index in [1.54, 1.807) is 5.56 Å². The third-order valence-electron chi connectivity index (χ3n) is 5.22. The summed E-state index contributed by atoms with van der Waals surface area (Å²) in [5.41, 5.74) is 4.53. The van der Waals surface area contributed by atoms with E-state index in [0.717, 1.165) is 5.92 Å². The van der Waals surface area contributed by atoms with Crippen molar-refractivity contribution in [3.05, 3.63) is 59.2 Å². The van der Waals surface area contributed by atoms with E-state index in [4.69, 9.17) is 0 Å². The monoisotopic (exact) mass is 325 g/mol. The summed E-state index contributed by atoms with van der Waals surface area (Å²) in [6, 6.07) is 9.48. The molecule has 0 saturated carbocycles. The van der Waals surface area contributed by atoms with Gasteiger partial charge >= 0.3 is 0 Å². The van der Waals surface area contributed by atoms with Gasteiger partial charge in [0.25, 0.3) is 0 Å². The van der Waals surface area contributed by atoms with E-state index in [0.29, 0.717) is 0 Å². The molecular weight excluding hydrogens is 290 g/mol. The van der Waals surface area contributed by atoms with E-state index in [1.807, 2.05) is 0 Å². The van der Waals surface area contributed by atoms with Crippen molar-refractivity contribution in [1.29, 1.82) is 0 Å². The number of rotatable bonds is 9. The van der Waals surface area contributed by atoms with Crippen LogP contribution in [0.2, 0.25) is 0 Å². The Morgan fingerprint density at radius 3 is 2.38 bits per heavy atom. The van der Waals surface area contributed by atoms with Crippen molar-refractivity contribution in [2.24, 2.45) is 0 Å². The molecule has 132 valence electrons. The number of allylic oxidation sites excluding steroid dienone is 4. The number of hydrogen-bond acceptors (Lipinski definition) is 1. The standard InChI is InChI=1S/C23H35N/c1-3-9-20(4-2)10-7-5-6-8-11-21-12-14-22(15-13-21)23-16-18-24-19-17-23/h3-4,9,12-15,23-24H,5-8,10-11,16-19H2,1-2H3/b9-3-,20-4+. The summed E-state index contributed by atoms with van der Waals surface area (Å²) in [5, 5.41) is 3.45. The fourth-order valence-electron chi connectivity index (χ4n) is 3.66. The van der Waals surface area contributed by atoms with Gasteiger partial charge in [0.15, 0.2) is 0 Å². The minimum atomic E-state index is 0.776. The van der Waals surface area contributed by atoms with E-state index in [1.165, 1.54) is 75.6 Å². The minimum Gasteiger partial charge on any atom is -0.317 e. The maximum absolute atomic E-state index is 3.45. The topological polar surface area (TPSA) is 12.0 Å². The molecule has 24 heavy (non-hydrogen) atoms. The lowest BCUT2D eigenvalue weighted by Crippen LogP contribution is -2.26. The van der Waals surface area contributed by atoms with E-state index >= 15 is 0 Å². The fraction of sp³-hybridized carbons (Fsp3) is 0.565. The van der Waals surface area contributed by atoms with Crippen molar-refractivity contribution >= 4 is 0 Å². The highest BCUT2D eigenvalue weighted by Crippen LogP contribution is 2.25. The molecule has 0 aromatic heterocycles. The van der Waals surface area contributed by atoms with Gasteiger partial charge in [-0.1, -0.05) is 60.9 Å². The highest BCUT2D eigenvalue weighted by molar-refractivity contribution is 5.26. The van der Waals surface area contributed by atoms with E-state index in [9.17, 15) is 0 Å². The largest absolute Gasteiger partial charge is 0.317 e. The van der Waals surface area contributed by atoms with Crippen LogP contribution in [0.1, 0.15) is 75.8 Å². The summed E-state index contributed by atoms with van der Waals surface area (Å²) < 4.78 is 0. The number of piperidine rings is 1. The highest BCUT2D eigenvalue weighted by atomic mass is 14.9. The number of nitrogens with one attached hydrogen (secondary N) is 1. The third kappa shape index (κ3) is 6.65. The van der Waals surface area contributed by atoms with Gasteiger partial charge in [-0.2, -0.15) is 0 Å². The Balaban J connectivity index is 1.62. The van der Waals surface area contributed by atoms with Gasteiger partial charge in [0.2, 0.25) is 0 Å². The molecule has 1 nitrogen and oxygen atoms in total. The van der Waals surface area contributed by atoms with Crippen molar-refractivity contribution < 1.29 is 0 Å². The van der Waals surface area contributed by atoms with Crippen LogP contribution in [0.3, 0.4) is 0 Å². The molecule has 0 amide bonds. The molecule has 1 saturated heterocycles. The Morgan fingerprint density at radius 1 is 1.00 bits per heavy atom. The summed E-state index contributed by atoms with van der Waals surface area (Å²) in [6.07, 6.45) is 17.0. The molecule has 1 heterocycles. The Labute approximate surface area is 149 Å². The van der Waals surface area contributed by atoms with E-state index in [2.05, 4.69) is 61.7 Å². The normalized spacial score (nSPS) is 16.8. The predicted octanol–water partition coefficient (Wildman–Crippen LogP) is 6.17. The molecule has 1 N–H and O–H groups in total. The smallest absolute Gasteiger partial charge is 0.00431 e. The molecule has 0 radical (unpaired) electrons. The zero-order valence-corrected chi connectivity index (χ0v) is 15.7. The van der Waals surface area contributed by atoms with E-state index in [-0.39, 0.29) is 0 Å². The lowest BCUT2D eigenvalue weighted by atomic mass is 9.89. The van der Waals surface area contributed by atoms with Gasteiger partial charge in [-0.25, -0.2) is 0 Å². The van der Waals surface area contributed by atoms with Crippen molar-refractivity contribution in [2.75, 3.05) is 13.1 Å². The van der Waals surface area contributed by atoms with Gasteiger partial charge < -0.3 is 5.32 Å². The quantitative estimate of drug-likeness (QED) is 0.423. The molecule has 1 aromatic carbocycles. The van der Waals surface area contributed by atoms with Gasteiger partial charge in [-0.05, 0) is 82.5 Å². The molecule has 1 aromatic rings. The number of hydrogen-bond donors (Lipinski definition) is 1. The Hall–Kier alpha value is -1.34. The third-order valence-corrected chi connectivity index (χ3v) is 5.22. The lowest BCUT2D eigenvalue weighted by molar-refractivity contribution is 0.460. The summed E-state index contributed by atoms with van der Waals surface area (Å²) >= 11 is 0. The predicted molar refractivity (Wildman–Crippen MR) is 107 cm³/mol. The summed E-state index contributed by atoms with van der Waals surface area (Å²) in [7, 11) is 0. The lowest BCUT2D eigenvalue weighted by Gasteiger charge is -2.23. The van der Waals surface area contributed by atoms with Gasteiger partial charge in [0, 0.05) is 0 Å². The van der Waals surface area contributed by atoms with Crippen molar-refractivity contribution in [2.45, 2.75) is 71.1 Å². The summed E-state index contributed by atoms with van der Waals surface area (Å²) in [5.74, 6) is 0.776. The second kappa shape index (κ2) is 11.3. The molecule has 1 aliphatic rings. The average Bonchev–Trinajstić information content (AvgIpc) is 2.65. The Kier molecular flexibility index (Phi) is 8.91. The van der Waals surface area contributed by atoms with Gasteiger partial charge in [-0.15, -0.1) is 0 Å². The van der Waals surface area contributed by atoms with Crippen LogP contribution in [0.25, 0.3) is 0 Å². The zero-order valence-electron chi connectivity index (χ0n) is 15.7. The molecule has 1 fully saturated rings. The Morgan fingerprint density at radius 2 is 1.71 bits per heavy atom. The van der Waals surface area contributed by atoms with Crippen LogP contribution < -0.4 is 5.32 Å². The molecule has 0 spiro atoms. The van der Waals surface area contributed by atoms with Gasteiger partial charge in [-0.3, -0.25) is 0 Å². The molecule has 0 atom stereocenters. The summed E-state index contributed by atoms with van der Waals surface area (Å²) in [6.45, 7) is 6.59. The van der Waals surface area contributed by atoms with Crippen LogP contribution in [0, 0.1) is 0 Å². The van der Waals surface area contributed by atoms with Gasteiger partial charge in [0.05, 0.1) is 0 Å². The fourth-order valence-corrected chi connectivity index (χ4v) is 3.66. The van der Waals surface area contributed by atoms with Crippen LogP contribution in [0.4, 0.5) is 0 Å². The van der Waals surface area contributed by atoms with Crippen LogP contribution in [-0.2, 0) is 6.42 Å². The minimum absolute atomic E-state index is 0.776. The van der Waals surface area contributed by atoms with E-state index < -0.39 is 0 Å². The van der Waals surface area contributed by atoms with Gasteiger partial charge in [0.1, 0.15) is 0 Å². The molecule has 1 aliphatic heterocycles. The first-order chi connectivity index (χ1) is 11.8. The highest BCUT2D eigenvalue weighted by Gasteiger charge is 2.14. The first-order valence-corrected chi connectivity index (χ1v) is 9.91. The van der Waals surface area contributed by atoms with Crippen molar-refractivity contribution in [3.8, 4) is 0 Å². The number of aryl methyl sites for hydroxylation is 1. The Bertz CT molecular complexity index is 503.